The van der Waals surface area contributed by atoms with Crippen molar-refractivity contribution < 1.29 is 4.21 Å². The molecule has 1 atom stereocenters. The lowest BCUT2D eigenvalue weighted by molar-refractivity contribution is 0.395. The number of nitrogens with zero attached hydrogens (tertiary/aromatic N) is 1. The lowest BCUT2D eigenvalue weighted by Gasteiger charge is -2.28. The van der Waals surface area contributed by atoms with Gasteiger partial charge in [0.15, 0.2) is 5.84 Å². The predicted molar refractivity (Wildman–Crippen MR) is 95.6 cm³/mol. The first-order chi connectivity index (χ1) is 11.0. The Balaban J connectivity index is 0.00000127. The van der Waals surface area contributed by atoms with Gasteiger partial charge in [0.25, 0.3) is 0 Å². The van der Waals surface area contributed by atoms with Gasteiger partial charge in [-0.25, -0.2) is 20.7 Å². The zero-order valence-corrected chi connectivity index (χ0v) is 14.6. The summed E-state index contributed by atoms with van der Waals surface area (Å²) in [6.07, 6.45) is 3.87. The molecule has 8 heteroatoms. The van der Waals surface area contributed by atoms with Gasteiger partial charge >= 0.3 is 0 Å². The van der Waals surface area contributed by atoms with Gasteiger partial charge in [-0.05, 0) is 43.2 Å². The molecule has 1 aliphatic carbocycles. The Bertz CT molecular complexity index is 555. The smallest absolute Gasteiger partial charge is 0.153 e. The number of hydrazine groups is 1. The molecule has 9 N–H and O–H groups in total. The van der Waals surface area contributed by atoms with E-state index in [9.17, 15) is 4.21 Å². The monoisotopic (exact) mass is 340 g/mol. The van der Waals surface area contributed by atoms with Crippen LogP contribution in [0.4, 0.5) is 0 Å². The Hall–Kier alpha value is -1.48. The second kappa shape index (κ2) is 9.61. The van der Waals surface area contributed by atoms with E-state index in [4.69, 9.17) is 22.4 Å². The van der Waals surface area contributed by atoms with Crippen molar-refractivity contribution in [2.45, 2.75) is 56.4 Å². The third-order valence-corrected chi connectivity index (χ3v) is 4.70. The molecule has 1 aromatic rings. The van der Waals surface area contributed by atoms with Crippen LogP contribution >= 0.6 is 0 Å². The fourth-order valence-corrected chi connectivity index (χ4v) is 3.52. The molecule has 0 saturated heterocycles. The number of benzene rings is 1. The second-order valence-electron chi connectivity index (χ2n) is 5.26. The van der Waals surface area contributed by atoms with Crippen molar-refractivity contribution in [3.8, 4) is 0 Å². The Kier molecular flexibility index (Phi) is 8.18. The molecule has 1 unspecified atom stereocenters. The van der Waals surface area contributed by atoms with Crippen LogP contribution in [-0.2, 0) is 11.0 Å². The summed E-state index contributed by atoms with van der Waals surface area (Å²) in [7, 11) is -1.64. The van der Waals surface area contributed by atoms with Gasteiger partial charge in [0, 0.05) is 11.6 Å². The molecule has 130 valence electrons. The average molecular weight is 340 g/mol. The lowest BCUT2D eigenvalue weighted by Crippen LogP contribution is -2.29. The Labute approximate surface area is 140 Å². The maximum atomic E-state index is 11.8. The number of nitrogens with one attached hydrogen (secondary N) is 1. The number of hydrazone groups is 1. The van der Waals surface area contributed by atoms with Crippen LogP contribution in [0.3, 0.4) is 0 Å². The van der Waals surface area contributed by atoms with Crippen molar-refractivity contribution in [2.75, 3.05) is 0 Å². The third-order valence-electron chi connectivity index (χ3n) is 3.93. The summed E-state index contributed by atoms with van der Waals surface area (Å²) < 4.78 is 11.8. The first-order valence-electron chi connectivity index (χ1n) is 7.88. The van der Waals surface area contributed by atoms with Crippen molar-refractivity contribution in [1.29, 1.82) is 0 Å². The highest BCUT2D eigenvalue weighted by Gasteiger charge is 2.25. The summed E-state index contributed by atoms with van der Waals surface area (Å²) in [6, 6.07) is 5.78. The van der Waals surface area contributed by atoms with E-state index in [1.807, 2.05) is 26.0 Å². The lowest BCUT2D eigenvalue weighted by atomic mass is 9.80. The fraction of sp³-hybridized carbons (Fsp3) is 0.533. The van der Waals surface area contributed by atoms with E-state index in [1.54, 1.807) is 6.07 Å². The van der Waals surface area contributed by atoms with E-state index in [0.29, 0.717) is 16.4 Å². The molecule has 2 rings (SSSR count). The largest absolute Gasteiger partial charge is 0.382 e. The molecular weight excluding hydrogens is 312 g/mol. The molecule has 1 aromatic carbocycles. The van der Waals surface area contributed by atoms with Gasteiger partial charge in [0.05, 0.1) is 4.90 Å². The van der Waals surface area contributed by atoms with E-state index in [0.717, 1.165) is 31.2 Å². The maximum Gasteiger partial charge on any atom is 0.153 e. The van der Waals surface area contributed by atoms with E-state index >= 15 is 0 Å². The van der Waals surface area contributed by atoms with Crippen molar-refractivity contribution in [1.82, 2.24) is 5.53 Å². The highest BCUT2D eigenvalue weighted by Crippen LogP contribution is 2.35. The standard InChI is InChI=1S/C13H22N6OS.C2H6/c14-9-6-4-8(5-7-9)10-2-1-3-11(21(17)20)12(10)13(15)18-19-16;1-2/h1-3,8-9,19H,4-7,14,16-17H2,(H2,15,18);1-2H3. The zero-order chi connectivity index (χ0) is 17.4. The van der Waals surface area contributed by atoms with Crippen LogP contribution in [0, 0.1) is 0 Å². The Morgan fingerprint density at radius 3 is 2.39 bits per heavy atom. The quantitative estimate of drug-likeness (QED) is 0.238. The summed E-state index contributed by atoms with van der Waals surface area (Å²) in [5.41, 5.74) is 15.7. The molecule has 23 heavy (non-hydrogen) atoms. The van der Waals surface area contributed by atoms with Gasteiger partial charge in [-0.15, -0.1) is 5.10 Å². The van der Waals surface area contributed by atoms with E-state index in [-0.39, 0.29) is 11.9 Å². The Morgan fingerprint density at radius 2 is 1.87 bits per heavy atom. The molecular formula is C15H28N6OS. The van der Waals surface area contributed by atoms with E-state index in [2.05, 4.69) is 10.6 Å². The predicted octanol–water partition coefficient (Wildman–Crippen LogP) is 0.763. The first kappa shape index (κ1) is 19.6. The average Bonchev–Trinajstić information content (AvgIpc) is 2.57. The minimum absolute atomic E-state index is 0.191. The molecule has 0 spiro atoms. The van der Waals surface area contributed by atoms with Gasteiger partial charge in [-0.3, -0.25) is 0 Å². The number of hydrogen-bond donors (Lipinski definition) is 5. The topological polar surface area (TPSA) is 146 Å². The normalized spacial score (nSPS) is 22.7. The van der Waals surface area contributed by atoms with Crippen LogP contribution in [0.25, 0.3) is 0 Å². The first-order valence-corrected chi connectivity index (χ1v) is 9.09. The van der Waals surface area contributed by atoms with Gasteiger partial charge in [0.2, 0.25) is 0 Å². The van der Waals surface area contributed by atoms with Crippen molar-refractivity contribution in [3.63, 3.8) is 0 Å². The highest BCUT2D eigenvalue weighted by atomic mass is 32.2. The van der Waals surface area contributed by atoms with Crippen molar-refractivity contribution in [2.24, 2.45) is 27.6 Å². The second-order valence-corrected chi connectivity index (χ2v) is 6.29. The van der Waals surface area contributed by atoms with Crippen LogP contribution in [0.1, 0.15) is 56.6 Å². The van der Waals surface area contributed by atoms with Crippen LogP contribution in [0.2, 0.25) is 0 Å². The maximum absolute atomic E-state index is 11.8. The molecule has 0 aromatic heterocycles. The summed E-state index contributed by atoms with van der Waals surface area (Å²) in [5.74, 6) is 5.70. The summed E-state index contributed by atoms with van der Waals surface area (Å²) >= 11 is 0. The number of amidine groups is 1. The third kappa shape index (κ3) is 5.00. The molecule has 0 amide bonds. The molecule has 0 radical (unpaired) electrons. The van der Waals surface area contributed by atoms with Crippen molar-refractivity contribution >= 4 is 16.8 Å². The molecule has 0 heterocycles. The van der Waals surface area contributed by atoms with Crippen LogP contribution < -0.4 is 28.0 Å². The number of nitrogens with two attached hydrogens (primary N) is 4. The van der Waals surface area contributed by atoms with Crippen LogP contribution in [0.15, 0.2) is 28.2 Å². The molecule has 0 bridgehead atoms. The minimum Gasteiger partial charge on any atom is -0.382 e. The van der Waals surface area contributed by atoms with E-state index < -0.39 is 11.0 Å². The summed E-state index contributed by atoms with van der Waals surface area (Å²) in [6.45, 7) is 4.00. The molecule has 1 aliphatic rings. The van der Waals surface area contributed by atoms with Crippen LogP contribution in [-0.4, -0.2) is 16.1 Å². The van der Waals surface area contributed by atoms with Crippen molar-refractivity contribution in [3.05, 3.63) is 29.3 Å². The summed E-state index contributed by atoms with van der Waals surface area (Å²) in [5, 5.41) is 9.37. The van der Waals surface area contributed by atoms with E-state index in [1.165, 1.54) is 0 Å². The van der Waals surface area contributed by atoms with Gasteiger partial charge in [0.1, 0.15) is 11.0 Å². The number of hydrogen-bond acceptors (Lipinski definition) is 5. The molecule has 0 aliphatic heterocycles. The summed E-state index contributed by atoms with van der Waals surface area (Å²) in [4.78, 5) is 0.471. The zero-order valence-electron chi connectivity index (χ0n) is 13.8. The van der Waals surface area contributed by atoms with Crippen LogP contribution in [0.5, 0.6) is 0 Å². The molecule has 7 nitrogen and oxygen atoms in total. The fourth-order valence-electron chi connectivity index (χ4n) is 2.89. The number of rotatable bonds is 4. The van der Waals surface area contributed by atoms with Gasteiger partial charge < -0.3 is 11.5 Å². The minimum atomic E-state index is -1.64. The molecule has 1 saturated carbocycles. The van der Waals surface area contributed by atoms with Gasteiger partial charge in [-0.2, -0.15) is 0 Å². The molecule has 1 fully saturated rings. The SMILES string of the molecule is CC.NN/N=C(\N)c1c(C2CCC(N)CC2)cccc1S(N)=O. The Morgan fingerprint density at radius 1 is 1.26 bits per heavy atom. The van der Waals surface area contributed by atoms with Gasteiger partial charge in [-0.1, -0.05) is 26.0 Å². The highest BCUT2D eigenvalue weighted by molar-refractivity contribution is 7.82.